The normalized spacial score (nSPS) is 20.2. The van der Waals surface area contributed by atoms with E-state index in [0.717, 1.165) is 20.9 Å². The van der Waals surface area contributed by atoms with Crippen LogP contribution in [-0.2, 0) is 60.8 Å². The molecule has 1 aliphatic carbocycles. The number of β-amino-alcohol motifs (C(OH)–C–C–N with tert-alkyl or cyclic N) is 1. The minimum Gasteiger partial charge on any atom is -0.480 e. The van der Waals surface area contributed by atoms with Gasteiger partial charge < -0.3 is 85.7 Å². The molecule has 0 aromatic heterocycles. The minimum atomic E-state index is -1.63. The lowest BCUT2D eigenvalue weighted by Crippen LogP contribution is -2.60. The fourth-order valence-corrected chi connectivity index (χ4v) is 12.0. The smallest absolute Gasteiger partial charge is 0.323 e. The Morgan fingerprint density at radius 3 is 2.06 bits per heavy atom. The first-order valence-electron chi connectivity index (χ1n) is 28.5. The summed E-state index contributed by atoms with van der Waals surface area (Å²) >= 11 is 1.20. The van der Waals surface area contributed by atoms with Crippen LogP contribution >= 0.6 is 11.8 Å². The van der Waals surface area contributed by atoms with Crippen LogP contribution in [0.2, 0.25) is 0 Å². The van der Waals surface area contributed by atoms with E-state index in [2.05, 4.69) is 36.9 Å². The average Bonchev–Trinajstić information content (AvgIpc) is 3.39. The number of unbranched alkanes of at least 4 members (excludes halogenated alkanes) is 2. The molecule has 3 heterocycles. The number of likely N-dealkylation sites (tertiary alicyclic amines) is 2. The summed E-state index contributed by atoms with van der Waals surface area (Å²) in [5, 5.41) is 46.7. The van der Waals surface area contributed by atoms with Gasteiger partial charge in [-0.3, -0.25) is 57.8 Å². The number of anilines is 1. The van der Waals surface area contributed by atoms with Gasteiger partial charge in [0, 0.05) is 36.7 Å². The zero-order chi connectivity index (χ0) is 61.0. The molecule has 2 saturated heterocycles. The van der Waals surface area contributed by atoms with E-state index in [1.807, 2.05) is 24.3 Å². The Hall–Kier alpha value is -7.44. The topological polar surface area (TPSA) is 456 Å². The lowest BCUT2D eigenvalue weighted by atomic mass is 9.95. The van der Waals surface area contributed by atoms with Gasteiger partial charge in [-0.25, -0.2) is 0 Å². The lowest BCUT2D eigenvalue weighted by molar-refractivity contribution is -0.148. The van der Waals surface area contributed by atoms with Crippen LogP contribution < -0.4 is 65.5 Å². The maximum atomic E-state index is 14.6. The molecule has 0 spiro atoms. The molecule has 460 valence electrons. The maximum Gasteiger partial charge on any atom is 0.323 e. The second kappa shape index (κ2) is 32.0. The quantitative estimate of drug-likeness (QED) is 0.0200. The number of nitrogens with zero attached hydrogens (tertiary/aromatic N) is 4. The van der Waals surface area contributed by atoms with Crippen molar-refractivity contribution in [2.75, 3.05) is 63.1 Å². The average molecular weight is 1190 g/mol. The number of aliphatic carboxylic acids is 1. The fourth-order valence-electron chi connectivity index (χ4n) is 10.9. The predicted octanol–water partition coefficient (Wildman–Crippen LogP) is -4.25. The van der Waals surface area contributed by atoms with Crippen molar-refractivity contribution in [3.63, 3.8) is 0 Å². The van der Waals surface area contributed by atoms with Gasteiger partial charge in [-0.15, -0.1) is 11.8 Å². The summed E-state index contributed by atoms with van der Waals surface area (Å²) in [6.45, 7) is -1.65. The number of hydrogen-bond donors (Lipinski definition) is 14. The molecular weight excluding hydrogens is 1110 g/mol. The van der Waals surface area contributed by atoms with Crippen molar-refractivity contribution in [1.82, 2.24) is 41.7 Å². The van der Waals surface area contributed by atoms with Gasteiger partial charge in [0.15, 0.2) is 5.96 Å². The van der Waals surface area contributed by atoms with E-state index in [9.17, 15) is 63.3 Å². The van der Waals surface area contributed by atoms with Crippen LogP contribution in [0.3, 0.4) is 0 Å². The summed E-state index contributed by atoms with van der Waals surface area (Å²) in [6.07, 6.45) is 2.85. The van der Waals surface area contributed by atoms with Crippen LogP contribution in [0.4, 0.5) is 5.69 Å². The molecule has 2 aromatic rings. The van der Waals surface area contributed by atoms with Crippen molar-refractivity contribution >= 4 is 82.5 Å². The summed E-state index contributed by atoms with van der Waals surface area (Å²) in [5.41, 5.74) is 30.7. The minimum absolute atomic E-state index is 0.00101. The van der Waals surface area contributed by atoms with E-state index in [1.54, 1.807) is 24.3 Å². The van der Waals surface area contributed by atoms with Crippen LogP contribution in [0.25, 0.3) is 0 Å². The largest absolute Gasteiger partial charge is 0.480 e. The van der Waals surface area contributed by atoms with Crippen molar-refractivity contribution < 1.29 is 63.3 Å². The Kier molecular flexibility index (Phi) is 25.0. The highest BCUT2D eigenvalue weighted by molar-refractivity contribution is 7.99. The number of guanidine groups is 1. The molecule has 0 bridgehead atoms. The number of nitrogens with two attached hydrogens (primary N) is 5. The molecule has 1 unspecified atom stereocenters. The number of aliphatic imine (C=N–C) groups is 1. The van der Waals surface area contributed by atoms with Crippen molar-refractivity contribution in [3.05, 3.63) is 59.7 Å². The zero-order valence-electron chi connectivity index (χ0n) is 47.0. The third-order valence-corrected chi connectivity index (χ3v) is 16.4. The number of aliphatic hydroxyl groups is 2. The first kappa shape index (κ1) is 65.7. The van der Waals surface area contributed by atoms with E-state index >= 15 is 0 Å². The summed E-state index contributed by atoms with van der Waals surface area (Å²) in [5.74, 6) is -8.76. The number of carboxylic acids is 1. The molecule has 2 fully saturated rings. The van der Waals surface area contributed by atoms with E-state index in [-0.39, 0.29) is 63.5 Å². The number of carbonyl (C=O) groups excluding carboxylic acids is 9. The molecule has 28 nitrogen and oxygen atoms in total. The Morgan fingerprint density at radius 2 is 1.39 bits per heavy atom. The second-order valence-corrected chi connectivity index (χ2v) is 22.5. The SMILES string of the molecule is NCCCC[C@H](NC(=O)[C@@H](N)CCCCN)C(=O)N[C@@H](CCCN=C(N)N)C(=O)N1CCC[C@H]1C(=O)N1C[C@H](O)C[C@H]1C(=O)NCC(=O)N[C@H](C(=O)N[C@@H](CO)C(=O)NC1CSc2ccccc2N(CC(=O)O)C1=O)C1Cc2ccccc2C1. The van der Waals surface area contributed by atoms with Crippen molar-refractivity contribution in [3.8, 4) is 0 Å². The van der Waals surface area contributed by atoms with Crippen molar-refractivity contribution in [2.45, 2.75) is 143 Å². The Bertz CT molecular complexity index is 2690. The maximum absolute atomic E-state index is 14.6. The highest BCUT2D eigenvalue weighted by Crippen LogP contribution is 2.35. The van der Waals surface area contributed by atoms with Gasteiger partial charge >= 0.3 is 5.97 Å². The monoisotopic (exact) mass is 1190 g/mol. The number of hydrogen-bond acceptors (Lipinski definition) is 17. The third kappa shape index (κ3) is 18.0. The standard InChI is InChI=1S/C55H81N15O13S/c56-19-7-5-13-35(58)47(76)63-36(14-6-8-20-57)48(77)64-37(15-9-21-61-55(59)60)52(81)68-22-10-17-41(68)54(83)69-27-34(72)25-42(69)50(79)62-26-44(73)67-46(33-23-31-11-1-2-12-32(31)24-33)51(80)65-38(29-71)49(78)66-39-30-84-43-18-4-3-16-40(43)70(53(39)82)28-45(74)75/h1-4,11-12,16,18,33-39,41-42,46,71-72H,5-10,13-15,17,19-30,56-58H2,(H,62,79)(H,63,76)(H,64,77)(H,65,80)(H,66,78)(H,67,73)(H,74,75)(H4,59,60,61)/t34-,35+,36+,37+,38+,39?,41+,42+,46+/m1/s1. The Balaban J connectivity index is 1.12. The Labute approximate surface area is 490 Å². The number of carbonyl (C=O) groups is 10. The third-order valence-electron chi connectivity index (χ3n) is 15.3. The molecule has 0 saturated carbocycles. The van der Waals surface area contributed by atoms with Crippen LogP contribution in [0.1, 0.15) is 81.8 Å². The lowest BCUT2D eigenvalue weighted by Gasteiger charge is -2.33. The van der Waals surface area contributed by atoms with Gasteiger partial charge in [-0.05, 0) is 113 Å². The number of para-hydroxylation sites is 1. The summed E-state index contributed by atoms with van der Waals surface area (Å²) in [6, 6.07) is 4.14. The van der Waals surface area contributed by atoms with Crippen LogP contribution in [0.5, 0.6) is 0 Å². The number of thioether (sulfide) groups is 1. The van der Waals surface area contributed by atoms with Crippen LogP contribution in [-0.4, -0.2) is 203 Å². The first-order chi connectivity index (χ1) is 40.2. The molecule has 0 radical (unpaired) electrons. The predicted molar refractivity (Wildman–Crippen MR) is 309 cm³/mol. The fraction of sp³-hybridized carbons (Fsp3) is 0.582. The summed E-state index contributed by atoms with van der Waals surface area (Å²) in [7, 11) is 0. The highest BCUT2D eigenvalue weighted by Gasteiger charge is 2.46. The molecule has 9 atom stereocenters. The second-order valence-electron chi connectivity index (χ2n) is 21.4. The molecule has 4 aliphatic rings. The van der Waals surface area contributed by atoms with Crippen molar-refractivity contribution in [1.29, 1.82) is 0 Å². The highest BCUT2D eigenvalue weighted by atomic mass is 32.2. The molecule has 6 rings (SSSR count). The molecule has 2 aromatic carbocycles. The van der Waals surface area contributed by atoms with Gasteiger partial charge in [0.2, 0.25) is 47.3 Å². The van der Waals surface area contributed by atoms with E-state index in [1.165, 1.54) is 16.7 Å². The van der Waals surface area contributed by atoms with Gasteiger partial charge in [0.25, 0.3) is 5.91 Å². The van der Waals surface area contributed by atoms with E-state index in [0.29, 0.717) is 75.0 Å². The molecule has 3 aliphatic heterocycles. The number of aliphatic hydroxyl groups excluding tert-OH is 2. The van der Waals surface area contributed by atoms with E-state index in [4.69, 9.17) is 28.7 Å². The zero-order valence-corrected chi connectivity index (χ0v) is 47.8. The number of nitrogens with one attached hydrogen (secondary N) is 6. The van der Waals surface area contributed by atoms with E-state index < -0.39 is 139 Å². The number of fused-ring (bicyclic) bond motifs is 2. The first-order valence-corrected chi connectivity index (χ1v) is 29.4. The van der Waals surface area contributed by atoms with Crippen molar-refractivity contribution in [2.24, 2.45) is 39.6 Å². The number of benzene rings is 2. The summed E-state index contributed by atoms with van der Waals surface area (Å²) < 4.78 is 0. The van der Waals surface area contributed by atoms with Gasteiger partial charge in [0.1, 0.15) is 48.8 Å². The molecule has 29 heteroatoms. The van der Waals surface area contributed by atoms with Gasteiger partial charge in [-0.1, -0.05) is 42.8 Å². The number of carboxylic acid groups (broad SMARTS) is 1. The number of rotatable bonds is 30. The summed E-state index contributed by atoms with van der Waals surface area (Å²) in [4.78, 5) is 146. The molecule has 9 amide bonds. The van der Waals surface area contributed by atoms with Gasteiger partial charge in [0.05, 0.1) is 31.0 Å². The molecular formula is C55H81N15O13S. The van der Waals surface area contributed by atoms with Gasteiger partial charge in [-0.2, -0.15) is 0 Å². The van der Waals surface area contributed by atoms with Crippen LogP contribution in [0.15, 0.2) is 58.4 Å². The Morgan fingerprint density at radius 1 is 0.750 bits per heavy atom. The van der Waals surface area contributed by atoms with Crippen LogP contribution in [0, 0.1) is 5.92 Å². The molecule has 84 heavy (non-hydrogen) atoms. The number of amides is 9. The molecule has 19 N–H and O–H groups in total.